The molecule has 0 atom stereocenters. The fraction of sp³-hybridized carbons (Fsp3) is 0.389. The third-order valence-corrected chi connectivity index (χ3v) is 3.47. The van der Waals surface area contributed by atoms with Crippen LogP contribution in [0.2, 0.25) is 0 Å². The number of nitrogens with zero attached hydrogens (tertiary/aromatic N) is 2. The minimum Gasteiger partial charge on any atom is -0.327 e. The zero-order valence-corrected chi connectivity index (χ0v) is 13.3. The van der Waals surface area contributed by atoms with Gasteiger partial charge in [-0.2, -0.15) is 0 Å². The van der Waals surface area contributed by atoms with E-state index in [1.807, 2.05) is 6.20 Å². The second-order valence-electron chi connectivity index (χ2n) is 5.28. The Balaban J connectivity index is 2.12. The summed E-state index contributed by atoms with van der Waals surface area (Å²) in [5, 5.41) is 3.40. The molecule has 1 N–H and O–H groups in total. The molecule has 3 nitrogen and oxygen atoms in total. The van der Waals surface area contributed by atoms with Crippen molar-refractivity contribution in [3.63, 3.8) is 0 Å². The number of aryl methyl sites for hydroxylation is 1. The molecular weight excluding hydrogens is 258 g/mol. The van der Waals surface area contributed by atoms with Crippen molar-refractivity contribution in [3.8, 4) is 0 Å². The van der Waals surface area contributed by atoms with Gasteiger partial charge in [0, 0.05) is 25.0 Å². The van der Waals surface area contributed by atoms with E-state index >= 15 is 0 Å². The maximum Gasteiger partial charge on any atom is 0.132 e. The highest BCUT2D eigenvalue weighted by molar-refractivity contribution is 5.60. The van der Waals surface area contributed by atoms with Gasteiger partial charge in [0.2, 0.25) is 0 Å². The molecule has 1 aromatic heterocycles. The van der Waals surface area contributed by atoms with Gasteiger partial charge in [-0.1, -0.05) is 25.1 Å². The van der Waals surface area contributed by atoms with Gasteiger partial charge in [0.25, 0.3) is 0 Å². The molecule has 0 amide bonds. The second-order valence-corrected chi connectivity index (χ2v) is 5.28. The standard InChI is InChI=1S/C18H25N3/c1-4-11-19-13-16-9-10-18(20-14-16)21(5-2)17-8-6-7-15(3)12-17/h6-10,12,14,19H,4-5,11,13H2,1-3H3. The van der Waals surface area contributed by atoms with Gasteiger partial charge in [-0.3, -0.25) is 0 Å². The largest absolute Gasteiger partial charge is 0.327 e. The van der Waals surface area contributed by atoms with Crippen LogP contribution >= 0.6 is 0 Å². The molecule has 0 spiro atoms. The fourth-order valence-corrected chi connectivity index (χ4v) is 2.36. The summed E-state index contributed by atoms with van der Waals surface area (Å²) < 4.78 is 0. The van der Waals surface area contributed by atoms with Crippen molar-refractivity contribution in [2.75, 3.05) is 18.0 Å². The Hall–Kier alpha value is -1.87. The van der Waals surface area contributed by atoms with Gasteiger partial charge in [-0.25, -0.2) is 4.98 Å². The predicted octanol–water partition coefficient (Wildman–Crippen LogP) is 4.05. The lowest BCUT2D eigenvalue weighted by Crippen LogP contribution is -2.18. The summed E-state index contributed by atoms with van der Waals surface area (Å²) in [5.74, 6) is 1.00. The van der Waals surface area contributed by atoms with Crippen LogP contribution in [0.25, 0.3) is 0 Å². The van der Waals surface area contributed by atoms with Crippen LogP contribution in [-0.2, 0) is 6.54 Å². The van der Waals surface area contributed by atoms with Crippen molar-refractivity contribution in [2.45, 2.75) is 33.7 Å². The highest BCUT2D eigenvalue weighted by Gasteiger charge is 2.08. The van der Waals surface area contributed by atoms with Gasteiger partial charge in [0.1, 0.15) is 5.82 Å². The highest BCUT2D eigenvalue weighted by Crippen LogP contribution is 2.24. The number of rotatable bonds is 7. The van der Waals surface area contributed by atoms with Crippen molar-refractivity contribution in [2.24, 2.45) is 0 Å². The van der Waals surface area contributed by atoms with Crippen LogP contribution in [0.1, 0.15) is 31.4 Å². The molecule has 2 rings (SSSR count). The number of aromatic nitrogens is 1. The summed E-state index contributed by atoms with van der Waals surface area (Å²) in [6.45, 7) is 9.29. The minimum atomic E-state index is 0.887. The smallest absolute Gasteiger partial charge is 0.132 e. The number of hydrogen-bond donors (Lipinski definition) is 1. The first-order chi connectivity index (χ1) is 10.2. The Kier molecular flexibility index (Phi) is 5.76. The molecule has 2 aromatic rings. The molecule has 0 aliphatic heterocycles. The molecule has 0 aliphatic carbocycles. The summed E-state index contributed by atoms with van der Waals surface area (Å²) in [6.07, 6.45) is 3.12. The fourth-order valence-electron chi connectivity index (χ4n) is 2.36. The Morgan fingerprint density at radius 3 is 2.62 bits per heavy atom. The molecule has 0 saturated carbocycles. The molecule has 3 heteroatoms. The summed E-state index contributed by atoms with van der Waals surface area (Å²) in [7, 11) is 0. The van der Waals surface area contributed by atoms with E-state index in [-0.39, 0.29) is 0 Å². The van der Waals surface area contributed by atoms with Crippen molar-refractivity contribution in [1.29, 1.82) is 0 Å². The molecule has 112 valence electrons. The first kappa shape index (κ1) is 15.5. The lowest BCUT2D eigenvalue weighted by atomic mass is 10.2. The average molecular weight is 283 g/mol. The van der Waals surface area contributed by atoms with Gasteiger partial charge in [0.05, 0.1) is 0 Å². The van der Waals surface area contributed by atoms with E-state index in [4.69, 9.17) is 0 Å². The SMILES string of the molecule is CCCNCc1ccc(N(CC)c2cccc(C)c2)nc1. The van der Waals surface area contributed by atoms with Crippen LogP contribution in [0.15, 0.2) is 42.6 Å². The van der Waals surface area contributed by atoms with Gasteiger partial charge in [-0.05, 0) is 56.1 Å². The van der Waals surface area contributed by atoms with Crippen LogP contribution in [0, 0.1) is 6.92 Å². The van der Waals surface area contributed by atoms with Crippen LogP contribution in [-0.4, -0.2) is 18.1 Å². The molecule has 1 aromatic carbocycles. The highest BCUT2D eigenvalue weighted by atomic mass is 15.2. The van der Waals surface area contributed by atoms with E-state index in [0.29, 0.717) is 0 Å². The van der Waals surface area contributed by atoms with E-state index < -0.39 is 0 Å². The van der Waals surface area contributed by atoms with Crippen LogP contribution < -0.4 is 10.2 Å². The summed E-state index contributed by atoms with van der Waals surface area (Å²) in [6, 6.07) is 12.8. The van der Waals surface area contributed by atoms with Crippen LogP contribution in [0.5, 0.6) is 0 Å². The van der Waals surface area contributed by atoms with Gasteiger partial charge < -0.3 is 10.2 Å². The Morgan fingerprint density at radius 1 is 1.14 bits per heavy atom. The van der Waals surface area contributed by atoms with Gasteiger partial charge in [0.15, 0.2) is 0 Å². The summed E-state index contributed by atoms with van der Waals surface area (Å²) in [4.78, 5) is 6.85. The number of hydrogen-bond acceptors (Lipinski definition) is 3. The zero-order chi connectivity index (χ0) is 15.1. The normalized spacial score (nSPS) is 10.6. The first-order valence-electron chi connectivity index (χ1n) is 7.74. The Labute approximate surface area is 128 Å². The Morgan fingerprint density at radius 2 is 2.00 bits per heavy atom. The number of pyridine rings is 1. The number of benzene rings is 1. The minimum absolute atomic E-state index is 0.887. The van der Waals surface area contributed by atoms with Crippen LogP contribution in [0.3, 0.4) is 0 Å². The van der Waals surface area contributed by atoms with E-state index in [1.165, 1.54) is 16.8 Å². The summed E-state index contributed by atoms with van der Waals surface area (Å²) in [5.41, 5.74) is 3.70. The quantitative estimate of drug-likeness (QED) is 0.777. The number of anilines is 2. The van der Waals surface area contributed by atoms with Crippen molar-refractivity contribution < 1.29 is 0 Å². The lowest BCUT2D eigenvalue weighted by molar-refractivity contribution is 0.674. The monoisotopic (exact) mass is 283 g/mol. The molecule has 0 aliphatic rings. The third kappa shape index (κ3) is 4.30. The molecule has 0 unspecified atom stereocenters. The maximum absolute atomic E-state index is 4.62. The predicted molar refractivity (Wildman–Crippen MR) is 90.1 cm³/mol. The van der Waals surface area contributed by atoms with Crippen molar-refractivity contribution >= 4 is 11.5 Å². The maximum atomic E-state index is 4.62. The molecule has 0 bridgehead atoms. The van der Waals surface area contributed by atoms with E-state index in [1.54, 1.807) is 0 Å². The molecular formula is C18H25N3. The third-order valence-electron chi connectivity index (χ3n) is 3.47. The van der Waals surface area contributed by atoms with E-state index in [0.717, 1.165) is 31.9 Å². The van der Waals surface area contributed by atoms with Gasteiger partial charge in [-0.15, -0.1) is 0 Å². The molecule has 0 saturated heterocycles. The molecule has 21 heavy (non-hydrogen) atoms. The first-order valence-corrected chi connectivity index (χ1v) is 7.74. The van der Waals surface area contributed by atoms with Crippen molar-refractivity contribution in [3.05, 3.63) is 53.7 Å². The van der Waals surface area contributed by atoms with Gasteiger partial charge >= 0.3 is 0 Å². The average Bonchev–Trinajstić information content (AvgIpc) is 2.50. The lowest BCUT2D eigenvalue weighted by Gasteiger charge is -2.22. The number of nitrogens with one attached hydrogen (secondary N) is 1. The molecule has 0 radical (unpaired) electrons. The summed E-state index contributed by atoms with van der Waals surface area (Å²) >= 11 is 0. The molecule has 1 heterocycles. The molecule has 0 fully saturated rings. The van der Waals surface area contributed by atoms with E-state index in [9.17, 15) is 0 Å². The topological polar surface area (TPSA) is 28.2 Å². The van der Waals surface area contributed by atoms with Crippen LogP contribution in [0.4, 0.5) is 11.5 Å². The van der Waals surface area contributed by atoms with Crippen molar-refractivity contribution in [1.82, 2.24) is 10.3 Å². The Bertz CT molecular complexity index is 549. The zero-order valence-electron chi connectivity index (χ0n) is 13.3. The van der Waals surface area contributed by atoms with E-state index in [2.05, 4.69) is 72.4 Å². The second kappa shape index (κ2) is 7.79.